The molecule has 0 aliphatic heterocycles. The van der Waals surface area contributed by atoms with Crippen molar-refractivity contribution in [2.45, 2.75) is 45.1 Å². The summed E-state index contributed by atoms with van der Waals surface area (Å²) in [6.07, 6.45) is 7.33. The van der Waals surface area contributed by atoms with Crippen LogP contribution in [0.5, 0.6) is 0 Å². The van der Waals surface area contributed by atoms with Gasteiger partial charge < -0.3 is 5.73 Å². The minimum Gasteiger partial charge on any atom is -0.328 e. The van der Waals surface area contributed by atoms with Crippen LogP contribution in [0.25, 0.3) is 0 Å². The van der Waals surface area contributed by atoms with Crippen molar-refractivity contribution in [1.82, 2.24) is 0 Å². The van der Waals surface area contributed by atoms with E-state index in [1.165, 1.54) is 32.1 Å². The second-order valence-corrected chi connectivity index (χ2v) is 4.40. The van der Waals surface area contributed by atoms with E-state index in [4.69, 9.17) is 5.73 Å². The second-order valence-electron chi connectivity index (χ2n) is 4.40. The van der Waals surface area contributed by atoms with Gasteiger partial charge >= 0.3 is 0 Å². The van der Waals surface area contributed by atoms with E-state index in [-0.39, 0.29) is 0 Å². The number of nitrogens with two attached hydrogens (primary N) is 1. The summed E-state index contributed by atoms with van der Waals surface area (Å²) in [5, 5.41) is 0. The predicted molar refractivity (Wildman–Crippen MR) is 47.2 cm³/mol. The van der Waals surface area contributed by atoms with Crippen LogP contribution in [0.3, 0.4) is 0 Å². The molecule has 64 valence electrons. The molecule has 11 heavy (non-hydrogen) atoms. The normalized spacial score (nSPS) is 45.8. The van der Waals surface area contributed by atoms with E-state index in [2.05, 4.69) is 6.92 Å². The lowest BCUT2D eigenvalue weighted by molar-refractivity contribution is 0.512. The third-order valence-corrected chi connectivity index (χ3v) is 3.58. The minimum atomic E-state index is 0.461. The van der Waals surface area contributed by atoms with E-state index in [0.29, 0.717) is 6.04 Å². The highest BCUT2D eigenvalue weighted by Gasteiger charge is 2.50. The van der Waals surface area contributed by atoms with Gasteiger partial charge in [-0.25, -0.2) is 0 Å². The Morgan fingerprint density at radius 3 is 2.09 bits per heavy atom. The summed E-state index contributed by atoms with van der Waals surface area (Å²) < 4.78 is 0. The Morgan fingerprint density at radius 1 is 1.09 bits per heavy atom. The van der Waals surface area contributed by atoms with E-state index in [0.717, 1.165) is 17.8 Å². The van der Waals surface area contributed by atoms with Gasteiger partial charge in [0.15, 0.2) is 0 Å². The molecule has 0 spiro atoms. The highest BCUT2D eigenvalue weighted by Crippen LogP contribution is 2.55. The van der Waals surface area contributed by atoms with Crippen LogP contribution in [0.15, 0.2) is 0 Å². The summed E-state index contributed by atoms with van der Waals surface area (Å²) >= 11 is 0. The summed E-state index contributed by atoms with van der Waals surface area (Å²) in [6.45, 7) is 2.18. The Hall–Kier alpha value is -0.0400. The van der Waals surface area contributed by atoms with Crippen LogP contribution in [0.1, 0.15) is 39.0 Å². The minimum absolute atomic E-state index is 0.461. The molecule has 2 fully saturated rings. The van der Waals surface area contributed by atoms with Crippen LogP contribution in [0.2, 0.25) is 0 Å². The van der Waals surface area contributed by atoms with Gasteiger partial charge in [0, 0.05) is 6.04 Å². The average Bonchev–Trinajstić information content (AvgIpc) is 2.57. The first-order chi connectivity index (χ1) is 5.30. The molecule has 0 radical (unpaired) electrons. The SMILES string of the molecule is CC(N)C1[C@H]2CCCCC[C@@H]12. The van der Waals surface area contributed by atoms with Gasteiger partial charge in [0.1, 0.15) is 0 Å². The first kappa shape index (κ1) is 7.60. The first-order valence-electron chi connectivity index (χ1n) is 5.06. The van der Waals surface area contributed by atoms with Gasteiger partial charge in [-0.3, -0.25) is 0 Å². The molecule has 1 nitrogen and oxygen atoms in total. The zero-order chi connectivity index (χ0) is 7.84. The Balaban J connectivity index is 1.91. The van der Waals surface area contributed by atoms with Gasteiger partial charge in [-0.1, -0.05) is 19.3 Å². The number of hydrogen-bond acceptors (Lipinski definition) is 1. The van der Waals surface area contributed by atoms with Gasteiger partial charge in [0.25, 0.3) is 0 Å². The molecule has 2 aliphatic carbocycles. The van der Waals surface area contributed by atoms with Gasteiger partial charge in [-0.15, -0.1) is 0 Å². The molecule has 2 rings (SSSR count). The highest BCUT2D eigenvalue weighted by molar-refractivity contribution is 5.01. The van der Waals surface area contributed by atoms with Crippen LogP contribution in [-0.4, -0.2) is 6.04 Å². The van der Waals surface area contributed by atoms with Crippen molar-refractivity contribution >= 4 is 0 Å². The zero-order valence-corrected chi connectivity index (χ0v) is 7.42. The summed E-state index contributed by atoms with van der Waals surface area (Å²) in [5.74, 6) is 2.95. The highest BCUT2D eigenvalue weighted by atomic mass is 14.7. The fraction of sp³-hybridized carbons (Fsp3) is 1.00. The number of rotatable bonds is 1. The molecule has 0 aromatic heterocycles. The third-order valence-electron chi connectivity index (χ3n) is 3.58. The number of fused-ring (bicyclic) bond motifs is 1. The molecule has 2 saturated carbocycles. The fourth-order valence-electron chi connectivity index (χ4n) is 3.00. The van der Waals surface area contributed by atoms with E-state index in [1.54, 1.807) is 0 Å². The van der Waals surface area contributed by atoms with Crippen LogP contribution in [0.4, 0.5) is 0 Å². The van der Waals surface area contributed by atoms with Gasteiger partial charge in [0.2, 0.25) is 0 Å². The fourth-order valence-corrected chi connectivity index (χ4v) is 3.00. The molecule has 2 N–H and O–H groups in total. The van der Waals surface area contributed by atoms with Crippen molar-refractivity contribution < 1.29 is 0 Å². The van der Waals surface area contributed by atoms with E-state index < -0.39 is 0 Å². The van der Waals surface area contributed by atoms with Crippen molar-refractivity contribution in [1.29, 1.82) is 0 Å². The van der Waals surface area contributed by atoms with Crippen LogP contribution in [-0.2, 0) is 0 Å². The van der Waals surface area contributed by atoms with Crippen LogP contribution >= 0.6 is 0 Å². The summed E-state index contributed by atoms with van der Waals surface area (Å²) in [7, 11) is 0. The van der Waals surface area contributed by atoms with Gasteiger partial charge in [0.05, 0.1) is 0 Å². The maximum Gasteiger partial charge on any atom is 0.00442 e. The smallest absolute Gasteiger partial charge is 0.00442 e. The molecule has 0 aromatic carbocycles. The molecular weight excluding hydrogens is 134 g/mol. The third kappa shape index (κ3) is 1.31. The molecule has 0 aromatic rings. The van der Waals surface area contributed by atoms with E-state index in [1.807, 2.05) is 0 Å². The van der Waals surface area contributed by atoms with Crippen molar-refractivity contribution in [3.05, 3.63) is 0 Å². The molecule has 0 bridgehead atoms. The lowest BCUT2D eigenvalue weighted by atomic mass is 10.1. The van der Waals surface area contributed by atoms with Crippen molar-refractivity contribution in [3.63, 3.8) is 0 Å². The summed E-state index contributed by atoms with van der Waals surface area (Å²) in [5.41, 5.74) is 5.91. The standard InChI is InChI=1S/C10H19N/c1-7(11)10-8-5-3-2-4-6-9(8)10/h7-10H,2-6,11H2,1H3/t7?,8-,9+,10?. The lowest BCUT2D eigenvalue weighted by Crippen LogP contribution is -2.19. The largest absolute Gasteiger partial charge is 0.328 e. The number of hydrogen-bond donors (Lipinski definition) is 1. The molecule has 2 aliphatic rings. The van der Waals surface area contributed by atoms with E-state index >= 15 is 0 Å². The Labute approximate surface area is 69.4 Å². The molecular formula is C10H19N. The van der Waals surface area contributed by atoms with Crippen molar-refractivity contribution in [3.8, 4) is 0 Å². The Kier molecular flexibility index (Phi) is 1.92. The topological polar surface area (TPSA) is 26.0 Å². The Morgan fingerprint density at radius 2 is 1.64 bits per heavy atom. The van der Waals surface area contributed by atoms with Gasteiger partial charge in [-0.05, 0) is 37.5 Å². The van der Waals surface area contributed by atoms with Crippen LogP contribution in [0, 0.1) is 17.8 Å². The predicted octanol–water partition coefficient (Wildman–Crippen LogP) is 2.16. The molecule has 0 saturated heterocycles. The first-order valence-corrected chi connectivity index (χ1v) is 5.06. The van der Waals surface area contributed by atoms with E-state index in [9.17, 15) is 0 Å². The van der Waals surface area contributed by atoms with Crippen molar-refractivity contribution in [2.75, 3.05) is 0 Å². The second kappa shape index (κ2) is 2.78. The van der Waals surface area contributed by atoms with Crippen LogP contribution < -0.4 is 5.73 Å². The summed E-state index contributed by atoms with van der Waals surface area (Å²) in [6, 6.07) is 0.461. The maximum absolute atomic E-state index is 5.91. The molecule has 2 unspecified atom stereocenters. The maximum atomic E-state index is 5.91. The average molecular weight is 153 g/mol. The summed E-state index contributed by atoms with van der Waals surface area (Å²) in [4.78, 5) is 0. The molecule has 1 heteroatoms. The van der Waals surface area contributed by atoms with Crippen molar-refractivity contribution in [2.24, 2.45) is 23.5 Å². The van der Waals surface area contributed by atoms with Gasteiger partial charge in [-0.2, -0.15) is 0 Å². The molecule has 4 atom stereocenters. The Bertz CT molecular complexity index is 130. The molecule has 0 amide bonds. The monoisotopic (exact) mass is 153 g/mol. The lowest BCUT2D eigenvalue weighted by Gasteiger charge is -2.05. The molecule has 0 heterocycles. The zero-order valence-electron chi connectivity index (χ0n) is 7.42. The quantitative estimate of drug-likeness (QED) is 0.614.